The molecular weight excluding hydrogens is 238 g/mol. The van der Waals surface area contributed by atoms with Crippen molar-refractivity contribution in [3.63, 3.8) is 0 Å². The Morgan fingerprint density at radius 3 is 2.95 bits per heavy atom. The van der Waals surface area contributed by atoms with E-state index in [2.05, 4.69) is 22.4 Å². The molecule has 1 aliphatic heterocycles. The Balaban J connectivity index is 2.15. The van der Waals surface area contributed by atoms with Crippen LogP contribution in [0.4, 0.5) is 0 Å². The van der Waals surface area contributed by atoms with E-state index in [9.17, 15) is 4.79 Å². The molecule has 1 aromatic heterocycles. The molecule has 1 fully saturated rings. The zero-order valence-corrected chi connectivity index (χ0v) is 11.1. The van der Waals surface area contributed by atoms with Gasteiger partial charge in [0.2, 0.25) is 0 Å². The van der Waals surface area contributed by atoms with Crippen LogP contribution in [0.15, 0.2) is 18.2 Å². The number of aromatic nitrogens is 1. The van der Waals surface area contributed by atoms with E-state index in [4.69, 9.17) is 5.73 Å². The fraction of sp³-hybridized carbons (Fsp3) is 0.400. The highest BCUT2D eigenvalue weighted by molar-refractivity contribution is 6.06. The summed E-state index contributed by atoms with van der Waals surface area (Å²) in [4.78, 5) is 14.8. The molecule has 1 aliphatic rings. The van der Waals surface area contributed by atoms with Gasteiger partial charge in [0.1, 0.15) is 0 Å². The predicted octanol–water partition coefficient (Wildman–Crippen LogP) is 2.04. The van der Waals surface area contributed by atoms with Gasteiger partial charge in [0.05, 0.1) is 11.1 Å². The van der Waals surface area contributed by atoms with Gasteiger partial charge in [-0.25, -0.2) is 0 Å². The van der Waals surface area contributed by atoms with E-state index in [-0.39, 0.29) is 5.91 Å². The summed E-state index contributed by atoms with van der Waals surface area (Å²) in [5.41, 5.74) is 9.29. The maximum atomic E-state index is 11.5. The lowest BCUT2D eigenvalue weighted by atomic mass is 9.88. The van der Waals surface area contributed by atoms with Gasteiger partial charge in [-0.15, -0.1) is 0 Å². The van der Waals surface area contributed by atoms with E-state index in [1.54, 1.807) is 0 Å². The van der Waals surface area contributed by atoms with Crippen LogP contribution >= 0.6 is 0 Å². The van der Waals surface area contributed by atoms with Crippen LogP contribution in [-0.2, 0) is 0 Å². The number of piperidine rings is 1. The molecule has 4 nitrogen and oxygen atoms in total. The third-order valence-corrected chi connectivity index (χ3v) is 3.96. The minimum Gasteiger partial charge on any atom is -0.366 e. The first-order chi connectivity index (χ1) is 9.16. The van der Waals surface area contributed by atoms with Gasteiger partial charge < -0.3 is 16.0 Å². The Morgan fingerprint density at radius 2 is 2.26 bits per heavy atom. The minimum absolute atomic E-state index is 0.375. The predicted molar refractivity (Wildman–Crippen MR) is 76.4 cm³/mol. The second-order valence-electron chi connectivity index (χ2n) is 5.35. The number of primary amides is 1. The van der Waals surface area contributed by atoms with Crippen molar-refractivity contribution in [2.45, 2.75) is 25.7 Å². The summed E-state index contributed by atoms with van der Waals surface area (Å²) in [7, 11) is 0. The molecule has 0 spiro atoms. The number of nitrogens with two attached hydrogens (primary N) is 1. The molecule has 1 amide bonds. The van der Waals surface area contributed by atoms with Gasteiger partial charge in [-0.2, -0.15) is 0 Å². The molecule has 4 heteroatoms. The lowest BCUT2D eigenvalue weighted by molar-refractivity contribution is 0.100. The molecule has 1 unspecified atom stereocenters. The first-order valence-corrected chi connectivity index (χ1v) is 6.79. The van der Waals surface area contributed by atoms with Crippen LogP contribution in [0.3, 0.4) is 0 Å². The quantitative estimate of drug-likeness (QED) is 0.770. The van der Waals surface area contributed by atoms with Crippen molar-refractivity contribution in [2.75, 3.05) is 13.1 Å². The summed E-state index contributed by atoms with van der Waals surface area (Å²) in [6.07, 6.45) is 2.40. The van der Waals surface area contributed by atoms with Crippen LogP contribution < -0.4 is 11.1 Å². The molecule has 0 radical (unpaired) electrons. The first-order valence-electron chi connectivity index (χ1n) is 6.79. The Kier molecular flexibility index (Phi) is 3.03. The van der Waals surface area contributed by atoms with Crippen LogP contribution in [0.25, 0.3) is 10.9 Å². The van der Waals surface area contributed by atoms with Gasteiger partial charge in [-0.1, -0.05) is 6.07 Å². The Bertz CT molecular complexity index is 624. The molecule has 0 saturated carbocycles. The topological polar surface area (TPSA) is 70.9 Å². The van der Waals surface area contributed by atoms with Gasteiger partial charge in [0, 0.05) is 17.6 Å². The zero-order valence-electron chi connectivity index (χ0n) is 11.1. The molecule has 0 aliphatic carbocycles. The van der Waals surface area contributed by atoms with Crippen molar-refractivity contribution in [1.29, 1.82) is 0 Å². The number of nitrogens with one attached hydrogen (secondary N) is 2. The van der Waals surface area contributed by atoms with Gasteiger partial charge in [-0.3, -0.25) is 4.79 Å². The number of carbonyl (C=O) groups is 1. The van der Waals surface area contributed by atoms with E-state index >= 15 is 0 Å². The van der Waals surface area contributed by atoms with Crippen molar-refractivity contribution in [3.8, 4) is 0 Å². The highest BCUT2D eigenvalue weighted by Crippen LogP contribution is 2.32. The molecule has 100 valence electrons. The SMILES string of the molecule is Cc1cc2c(C3CCCNC3)ccc(C(N)=O)c2[nH]1. The number of hydrogen-bond donors (Lipinski definition) is 3. The maximum absolute atomic E-state index is 11.5. The Morgan fingerprint density at radius 1 is 1.42 bits per heavy atom. The second-order valence-corrected chi connectivity index (χ2v) is 5.35. The molecule has 2 aromatic rings. The van der Waals surface area contributed by atoms with Crippen LogP contribution in [-0.4, -0.2) is 24.0 Å². The summed E-state index contributed by atoms with van der Waals surface area (Å²) in [5.74, 6) is 0.147. The smallest absolute Gasteiger partial charge is 0.250 e. The molecule has 0 bridgehead atoms. The van der Waals surface area contributed by atoms with Crippen molar-refractivity contribution in [1.82, 2.24) is 10.3 Å². The van der Waals surface area contributed by atoms with Crippen molar-refractivity contribution in [3.05, 3.63) is 35.0 Å². The molecule has 1 saturated heterocycles. The fourth-order valence-electron chi connectivity index (χ4n) is 3.05. The monoisotopic (exact) mass is 257 g/mol. The van der Waals surface area contributed by atoms with Crippen LogP contribution in [0.2, 0.25) is 0 Å². The lowest BCUT2D eigenvalue weighted by Gasteiger charge is -2.24. The highest BCUT2D eigenvalue weighted by Gasteiger charge is 2.20. The largest absolute Gasteiger partial charge is 0.366 e. The molecule has 4 N–H and O–H groups in total. The number of rotatable bonds is 2. The third-order valence-electron chi connectivity index (χ3n) is 3.96. The average Bonchev–Trinajstić information content (AvgIpc) is 2.79. The van der Waals surface area contributed by atoms with Gasteiger partial charge in [-0.05, 0) is 49.9 Å². The van der Waals surface area contributed by atoms with E-state index < -0.39 is 0 Å². The van der Waals surface area contributed by atoms with E-state index in [1.165, 1.54) is 18.4 Å². The van der Waals surface area contributed by atoms with Crippen LogP contribution in [0.1, 0.15) is 40.4 Å². The summed E-state index contributed by atoms with van der Waals surface area (Å²) >= 11 is 0. The second kappa shape index (κ2) is 4.70. The summed E-state index contributed by atoms with van der Waals surface area (Å²) < 4.78 is 0. The number of carbonyl (C=O) groups excluding carboxylic acids is 1. The van der Waals surface area contributed by atoms with Crippen LogP contribution in [0.5, 0.6) is 0 Å². The number of aryl methyl sites for hydroxylation is 1. The van der Waals surface area contributed by atoms with Crippen molar-refractivity contribution < 1.29 is 4.79 Å². The Hall–Kier alpha value is -1.81. The number of aromatic amines is 1. The summed E-state index contributed by atoms with van der Waals surface area (Å²) in [6.45, 7) is 4.12. The van der Waals surface area contributed by atoms with Crippen molar-refractivity contribution >= 4 is 16.8 Å². The van der Waals surface area contributed by atoms with E-state index in [1.807, 2.05) is 13.0 Å². The number of amides is 1. The molecule has 3 rings (SSSR count). The minimum atomic E-state index is -0.375. The Labute approximate surface area is 112 Å². The number of fused-ring (bicyclic) bond motifs is 1. The molecule has 1 aromatic carbocycles. The molecular formula is C15H19N3O. The number of benzene rings is 1. The van der Waals surface area contributed by atoms with E-state index in [0.29, 0.717) is 11.5 Å². The van der Waals surface area contributed by atoms with Crippen molar-refractivity contribution in [2.24, 2.45) is 5.73 Å². The van der Waals surface area contributed by atoms with E-state index in [0.717, 1.165) is 29.7 Å². The molecule has 2 heterocycles. The molecule has 19 heavy (non-hydrogen) atoms. The summed E-state index contributed by atoms with van der Waals surface area (Å²) in [6, 6.07) is 6.03. The first kappa shape index (κ1) is 12.2. The molecule has 1 atom stereocenters. The highest BCUT2D eigenvalue weighted by atomic mass is 16.1. The standard InChI is InChI=1S/C15H19N3O/c1-9-7-13-11(10-3-2-6-17-8-10)4-5-12(15(16)19)14(13)18-9/h4-5,7,10,17-18H,2-3,6,8H2,1H3,(H2,16,19). The van der Waals surface area contributed by atoms with Crippen LogP contribution in [0, 0.1) is 6.92 Å². The third kappa shape index (κ3) is 2.12. The van der Waals surface area contributed by atoms with Gasteiger partial charge in [0.15, 0.2) is 0 Å². The number of H-pyrrole nitrogens is 1. The number of hydrogen-bond acceptors (Lipinski definition) is 2. The average molecular weight is 257 g/mol. The maximum Gasteiger partial charge on any atom is 0.250 e. The normalized spacial score (nSPS) is 19.7. The van der Waals surface area contributed by atoms with Gasteiger partial charge in [0.25, 0.3) is 5.91 Å². The lowest BCUT2D eigenvalue weighted by Crippen LogP contribution is -2.28. The van der Waals surface area contributed by atoms with Gasteiger partial charge >= 0.3 is 0 Å². The zero-order chi connectivity index (χ0) is 13.4. The fourth-order valence-corrected chi connectivity index (χ4v) is 3.05. The summed E-state index contributed by atoms with van der Waals surface area (Å²) in [5, 5.41) is 4.58.